The van der Waals surface area contributed by atoms with E-state index in [-0.39, 0.29) is 5.91 Å². The van der Waals surface area contributed by atoms with Gasteiger partial charge in [-0.1, -0.05) is 29.8 Å². The van der Waals surface area contributed by atoms with Gasteiger partial charge in [0.05, 0.1) is 25.8 Å². The van der Waals surface area contributed by atoms with Crippen LogP contribution in [-0.2, 0) is 13.0 Å². The molecule has 0 saturated heterocycles. The third-order valence-electron chi connectivity index (χ3n) is 7.31. The highest BCUT2D eigenvalue weighted by molar-refractivity contribution is 7.18. The average molecular weight is 567 g/mol. The van der Waals surface area contributed by atoms with Crippen LogP contribution < -0.4 is 19.1 Å². The molecule has 4 heterocycles. The van der Waals surface area contributed by atoms with Crippen molar-refractivity contribution in [3.8, 4) is 28.1 Å². The van der Waals surface area contributed by atoms with Crippen LogP contribution in [0.4, 0.5) is 5.69 Å². The molecule has 0 saturated carbocycles. The second kappa shape index (κ2) is 9.97. The van der Waals surface area contributed by atoms with E-state index in [0.29, 0.717) is 57.4 Å². The quantitative estimate of drug-likeness (QED) is 0.224. The number of hydrogen-bond donors (Lipinski definition) is 0. The van der Waals surface area contributed by atoms with Gasteiger partial charge in [-0.25, -0.2) is 9.50 Å². The second-order valence-corrected chi connectivity index (χ2v) is 10.8. The largest absolute Gasteiger partial charge is 0.496 e. The Morgan fingerprint density at radius 3 is 2.71 bits per heavy atom. The van der Waals surface area contributed by atoms with Gasteiger partial charge in [-0.05, 0) is 60.1 Å². The third kappa shape index (κ3) is 4.46. The summed E-state index contributed by atoms with van der Waals surface area (Å²) in [5.74, 6) is 1.87. The van der Waals surface area contributed by atoms with Crippen molar-refractivity contribution in [2.75, 3.05) is 25.7 Å². The number of furan rings is 1. The molecular formula is C31H26N4O5S. The van der Waals surface area contributed by atoms with E-state index >= 15 is 0 Å². The molecule has 6 aromatic rings. The minimum Gasteiger partial charge on any atom is -0.496 e. The number of rotatable bonds is 7. The second-order valence-electron chi connectivity index (χ2n) is 9.85. The molecule has 0 bridgehead atoms. The van der Waals surface area contributed by atoms with Crippen molar-refractivity contribution in [3.05, 3.63) is 89.1 Å². The standard InChI is InChI=1S/C31H26N4O5S/c1-18-7-9-19(10-8-18)29(36)34-12-11-22-20(5-4-6-25(22)34)17-39-26-13-21(37-2)14-27-23(26)15-28(40-27)24-16-35-30(32-24)41-31(33-35)38-3/h4-10,13-16H,11-12,17H2,1-3H3. The normalized spacial score (nSPS) is 12.7. The summed E-state index contributed by atoms with van der Waals surface area (Å²) in [6.45, 7) is 2.99. The van der Waals surface area contributed by atoms with Gasteiger partial charge in [0.1, 0.15) is 29.4 Å². The summed E-state index contributed by atoms with van der Waals surface area (Å²) in [6.07, 6.45) is 2.58. The number of imidazole rings is 1. The molecule has 10 heteroatoms. The molecule has 1 aliphatic rings. The molecule has 3 aromatic heterocycles. The number of aryl methyl sites for hydroxylation is 1. The number of nitrogens with zero attached hydrogens (tertiary/aromatic N) is 4. The van der Waals surface area contributed by atoms with Crippen LogP contribution in [0.3, 0.4) is 0 Å². The molecule has 0 radical (unpaired) electrons. The minimum atomic E-state index is 0.00930. The summed E-state index contributed by atoms with van der Waals surface area (Å²) in [5, 5.41) is 5.70. The van der Waals surface area contributed by atoms with Gasteiger partial charge in [0.2, 0.25) is 4.96 Å². The summed E-state index contributed by atoms with van der Waals surface area (Å²) in [7, 11) is 3.19. The Morgan fingerprint density at radius 1 is 1.07 bits per heavy atom. The first-order valence-corrected chi connectivity index (χ1v) is 14.0. The first-order valence-electron chi connectivity index (χ1n) is 13.1. The third-order valence-corrected chi connectivity index (χ3v) is 8.20. The molecule has 0 atom stereocenters. The topological polar surface area (TPSA) is 91.3 Å². The van der Waals surface area contributed by atoms with Crippen LogP contribution in [0, 0.1) is 6.92 Å². The number of hydrogen-bond acceptors (Lipinski definition) is 8. The number of fused-ring (bicyclic) bond motifs is 3. The van der Waals surface area contributed by atoms with Crippen molar-refractivity contribution in [1.29, 1.82) is 0 Å². The number of amides is 1. The number of carbonyl (C=O) groups is 1. The predicted octanol–water partition coefficient (Wildman–Crippen LogP) is 6.31. The van der Waals surface area contributed by atoms with Gasteiger partial charge < -0.3 is 23.5 Å². The molecular weight excluding hydrogens is 540 g/mol. The highest BCUT2D eigenvalue weighted by atomic mass is 32.1. The zero-order valence-corrected chi connectivity index (χ0v) is 23.5. The van der Waals surface area contributed by atoms with Crippen molar-refractivity contribution in [2.45, 2.75) is 20.0 Å². The Balaban J connectivity index is 1.17. The molecule has 0 aliphatic carbocycles. The van der Waals surface area contributed by atoms with E-state index in [1.54, 1.807) is 24.9 Å². The van der Waals surface area contributed by atoms with Crippen LogP contribution in [0.15, 0.2) is 71.3 Å². The fraction of sp³-hybridized carbons (Fsp3) is 0.194. The molecule has 0 fully saturated rings. The highest BCUT2D eigenvalue weighted by Gasteiger charge is 2.27. The maximum absolute atomic E-state index is 13.3. The van der Waals surface area contributed by atoms with Gasteiger partial charge in [0.25, 0.3) is 11.1 Å². The molecule has 41 heavy (non-hydrogen) atoms. The fourth-order valence-electron chi connectivity index (χ4n) is 5.19. The molecule has 0 spiro atoms. The maximum Gasteiger partial charge on any atom is 0.294 e. The molecule has 1 aliphatic heterocycles. The molecule has 0 N–H and O–H groups in total. The predicted molar refractivity (Wildman–Crippen MR) is 157 cm³/mol. The van der Waals surface area contributed by atoms with Gasteiger partial charge in [0, 0.05) is 29.9 Å². The van der Waals surface area contributed by atoms with Crippen molar-refractivity contribution >= 4 is 38.9 Å². The fourth-order valence-corrected chi connectivity index (χ4v) is 5.89. The average Bonchev–Trinajstić information content (AvgIpc) is 3.77. The first kappa shape index (κ1) is 25.2. The molecule has 0 unspecified atom stereocenters. The Kier molecular flexibility index (Phi) is 6.12. The van der Waals surface area contributed by atoms with E-state index in [0.717, 1.165) is 34.2 Å². The number of anilines is 1. The SMILES string of the molecule is COc1cc(OCc2cccc3c2CCN3C(=O)c2ccc(C)cc2)c2cc(-c3cn4nc(OC)sc4n3)oc2c1. The van der Waals surface area contributed by atoms with Gasteiger partial charge in [-0.3, -0.25) is 4.79 Å². The summed E-state index contributed by atoms with van der Waals surface area (Å²) in [6, 6.07) is 19.3. The van der Waals surface area contributed by atoms with Crippen molar-refractivity contribution in [3.63, 3.8) is 0 Å². The molecule has 7 rings (SSSR count). The van der Waals surface area contributed by atoms with Crippen LogP contribution in [-0.4, -0.2) is 41.3 Å². The van der Waals surface area contributed by atoms with Gasteiger partial charge >= 0.3 is 0 Å². The lowest BCUT2D eigenvalue weighted by Crippen LogP contribution is -2.28. The van der Waals surface area contributed by atoms with E-state index < -0.39 is 0 Å². The summed E-state index contributed by atoms with van der Waals surface area (Å²) in [4.78, 5) is 20.5. The Hall–Kier alpha value is -4.83. The first-order chi connectivity index (χ1) is 20.0. The summed E-state index contributed by atoms with van der Waals surface area (Å²) in [5.41, 5.74) is 6.20. The van der Waals surface area contributed by atoms with Gasteiger partial charge in [0.15, 0.2) is 5.76 Å². The number of benzene rings is 3. The lowest BCUT2D eigenvalue weighted by Gasteiger charge is -2.18. The molecule has 206 valence electrons. The van der Waals surface area contributed by atoms with Crippen molar-refractivity contribution in [1.82, 2.24) is 14.6 Å². The zero-order valence-electron chi connectivity index (χ0n) is 22.7. The zero-order chi connectivity index (χ0) is 28.1. The van der Waals surface area contributed by atoms with Crippen LogP contribution in [0.25, 0.3) is 27.4 Å². The van der Waals surface area contributed by atoms with Gasteiger partial charge in [-0.2, -0.15) is 0 Å². The van der Waals surface area contributed by atoms with Crippen molar-refractivity contribution < 1.29 is 23.4 Å². The Labute approximate surface area is 239 Å². The van der Waals surface area contributed by atoms with E-state index in [1.165, 1.54) is 11.3 Å². The van der Waals surface area contributed by atoms with Gasteiger partial charge in [-0.15, -0.1) is 5.10 Å². The van der Waals surface area contributed by atoms with Crippen molar-refractivity contribution in [2.24, 2.45) is 0 Å². The molecule has 9 nitrogen and oxygen atoms in total. The minimum absolute atomic E-state index is 0.00930. The number of carbonyl (C=O) groups excluding carboxylic acids is 1. The molecule has 3 aromatic carbocycles. The maximum atomic E-state index is 13.3. The Bertz CT molecular complexity index is 1890. The van der Waals surface area contributed by atoms with Crippen LogP contribution in [0.2, 0.25) is 0 Å². The number of ether oxygens (including phenoxy) is 3. The molecule has 1 amide bonds. The van der Waals surface area contributed by atoms with Crippen LogP contribution in [0.5, 0.6) is 16.7 Å². The lowest BCUT2D eigenvalue weighted by atomic mass is 10.1. The number of aromatic nitrogens is 3. The smallest absolute Gasteiger partial charge is 0.294 e. The monoisotopic (exact) mass is 566 g/mol. The summed E-state index contributed by atoms with van der Waals surface area (Å²) >= 11 is 1.35. The van der Waals surface area contributed by atoms with E-state index in [1.807, 2.05) is 66.4 Å². The van der Waals surface area contributed by atoms with E-state index in [9.17, 15) is 4.79 Å². The number of methoxy groups -OCH3 is 2. The highest BCUT2D eigenvalue weighted by Crippen LogP contribution is 2.38. The summed E-state index contributed by atoms with van der Waals surface area (Å²) < 4.78 is 25.0. The Morgan fingerprint density at radius 2 is 1.93 bits per heavy atom. The van der Waals surface area contributed by atoms with Crippen LogP contribution >= 0.6 is 11.3 Å². The van der Waals surface area contributed by atoms with E-state index in [4.69, 9.17) is 18.6 Å². The van der Waals surface area contributed by atoms with E-state index in [2.05, 4.69) is 16.1 Å². The lowest BCUT2D eigenvalue weighted by molar-refractivity contribution is 0.0989. The van der Waals surface area contributed by atoms with Crippen LogP contribution in [0.1, 0.15) is 27.0 Å².